The Bertz CT molecular complexity index is 183. The van der Waals surface area contributed by atoms with Gasteiger partial charge in [0.05, 0.1) is 5.66 Å². The minimum absolute atomic E-state index is 0.362. The van der Waals surface area contributed by atoms with Gasteiger partial charge in [0, 0.05) is 6.04 Å². The molecule has 0 aliphatic carbocycles. The van der Waals surface area contributed by atoms with E-state index in [4.69, 9.17) is 21.3 Å². The van der Waals surface area contributed by atoms with E-state index < -0.39 is 19.3 Å². The summed E-state index contributed by atoms with van der Waals surface area (Å²) >= 11 is 0. The topological polar surface area (TPSA) is 110 Å². The molecule has 2 atom stereocenters. The lowest BCUT2D eigenvalue weighted by Crippen LogP contribution is -2.36. The lowest BCUT2D eigenvalue weighted by Gasteiger charge is -2.23. The summed E-state index contributed by atoms with van der Waals surface area (Å²) < 4.78 is 11.0. The first-order valence-electron chi connectivity index (χ1n) is 4.44. The molecule has 0 aliphatic rings. The molecule has 2 unspecified atom stereocenters. The molecular formula is C7H19N2O3P. The van der Waals surface area contributed by atoms with Gasteiger partial charge in [-0.25, -0.2) is 0 Å². The minimum atomic E-state index is -4.06. The molecule has 0 fully saturated rings. The zero-order valence-corrected chi connectivity index (χ0v) is 8.78. The van der Waals surface area contributed by atoms with E-state index in [1.807, 2.05) is 6.92 Å². The Kier molecular flexibility index (Phi) is 5.76. The Balaban J connectivity index is 4.32. The van der Waals surface area contributed by atoms with Crippen molar-refractivity contribution in [3.8, 4) is 0 Å². The molecule has 0 saturated carbocycles. The molecule has 5 nitrogen and oxygen atoms in total. The Labute approximate surface area is 78.7 Å². The van der Waals surface area contributed by atoms with Crippen LogP contribution in [0.1, 0.15) is 26.2 Å². The monoisotopic (exact) mass is 210 g/mol. The van der Waals surface area contributed by atoms with Crippen LogP contribution < -0.4 is 11.5 Å². The number of nitrogens with two attached hydrogens (primary N) is 2. The second-order valence-electron chi connectivity index (χ2n) is 3.19. The van der Waals surface area contributed by atoms with Gasteiger partial charge in [-0.3, -0.25) is 4.57 Å². The first-order valence-corrected chi connectivity index (χ1v) is 6.12. The van der Waals surface area contributed by atoms with Gasteiger partial charge in [-0.15, -0.1) is 0 Å². The molecule has 0 aromatic rings. The maximum absolute atomic E-state index is 11.0. The zero-order chi connectivity index (χ0) is 10.5. The Morgan fingerprint density at radius 1 is 1.38 bits per heavy atom. The van der Waals surface area contributed by atoms with Crippen LogP contribution in [0, 0.1) is 0 Å². The summed E-state index contributed by atoms with van der Waals surface area (Å²) in [6.07, 6.45) is 1.62. The van der Waals surface area contributed by atoms with Crippen LogP contribution in [0.4, 0.5) is 0 Å². The van der Waals surface area contributed by atoms with Crippen molar-refractivity contribution < 1.29 is 14.4 Å². The van der Waals surface area contributed by atoms with Gasteiger partial charge in [-0.05, 0) is 19.4 Å². The lowest BCUT2D eigenvalue weighted by molar-refractivity contribution is 0.340. The molecule has 0 bridgehead atoms. The molecule has 0 heterocycles. The maximum atomic E-state index is 11.0. The molecule has 0 spiro atoms. The molecule has 6 heteroatoms. The first-order chi connectivity index (χ1) is 5.93. The van der Waals surface area contributed by atoms with Crippen LogP contribution in [0.25, 0.3) is 0 Å². The molecule has 0 saturated heterocycles. The second kappa shape index (κ2) is 5.73. The fourth-order valence-corrected chi connectivity index (χ4v) is 2.55. The highest BCUT2D eigenvalue weighted by Crippen LogP contribution is 2.45. The second-order valence-corrected chi connectivity index (χ2v) is 5.03. The van der Waals surface area contributed by atoms with Gasteiger partial charge in [0.25, 0.3) is 0 Å². The van der Waals surface area contributed by atoms with Gasteiger partial charge in [-0.2, -0.15) is 0 Å². The minimum Gasteiger partial charge on any atom is -0.330 e. The normalized spacial score (nSPS) is 17.0. The van der Waals surface area contributed by atoms with Crippen LogP contribution in [0.15, 0.2) is 0 Å². The molecule has 13 heavy (non-hydrogen) atoms. The molecule has 0 amide bonds. The van der Waals surface area contributed by atoms with Crippen LogP contribution in [0.3, 0.4) is 0 Å². The van der Waals surface area contributed by atoms with Crippen LogP contribution in [-0.4, -0.2) is 28.0 Å². The third kappa shape index (κ3) is 4.74. The zero-order valence-electron chi connectivity index (χ0n) is 7.89. The Morgan fingerprint density at radius 3 is 2.23 bits per heavy atom. The molecular weight excluding hydrogens is 191 g/mol. The van der Waals surface area contributed by atoms with Crippen molar-refractivity contribution in [1.29, 1.82) is 0 Å². The quantitative estimate of drug-likeness (QED) is 0.461. The van der Waals surface area contributed by atoms with Crippen LogP contribution in [0.5, 0.6) is 0 Å². The number of hydrogen-bond acceptors (Lipinski definition) is 3. The van der Waals surface area contributed by atoms with Crippen molar-refractivity contribution in [1.82, 2.24) is 0 Å². The Morgan fingerprint density at radius 2 is 1.92 bits per heavy atom. The van der Waals surface area contributed by atoms with Crippen molar-refractivity contribution in [2.45, 2.75) is 37.9 Å². The highest BCUT2D eigenvalue weighted by atomic mass is 31.2. The summed E-state index contributed by atoms with van der Waals surface area (Å²) in [6.45, 7) is 2.24. The fraction of sp³-hybridized carbons (Fsp3) is 1.00. The summed E-state index contributed by atoms with van der Waals surface area (Å²) in [5.41, 5.74) is 10.2. The molecule has 0 aliphatic heterocycles. The van der Waals surface area contributed by atoms with E-state index in [0.717, 1.165) is 0 Å². The Hall–Kier alpha value is 0.0700. The number of hydrogen-bond donors (Lipinski definition) is 4. The van der Waals surface area contributed by atoms with Crippen LogP contribution >= 0.6 is 7.60 Å². The van der Waals surface area contributed by atoms with Crippen molar-refractivity contribution in [3.05, 3.63) is 0 Å². The first kappa shape index (κ1) is 13.1. The van der Waals surface area contributed by atoms with Crippen molar-refractivity contribution in [2.24, 2.45) is 11.5 Å². The van der Waals surface area contributed by atoms with Gasteiger partial charge >= 0.3 is 7.60 Å². The van der Waals surface area contributed by atoms with Crippen molar-refractivity contribution in [2.75, 3.05) is 6.54 Å². The van der Waals surface area contributed by atoms with E-state index in [-0.39, 0.29) is 0 Å². The molecule has 0 radical (unpaired) electrons. The van der Waals surface area contributed by atoms with Gasteiger partial charge in [0.1, 0.15) is 0 Å². The third-order valence-corrected chi connectivity index (χ3v) is 3.52. The summed E-state index contributed by atoms with van der Waals surface area (Å²) in [4.78, 5) is 18.0. The SMILES string of the molecule is CCCC(C(N)CCN)P(=O)(O)O. The van der Waals surface area contributed by atoms with Crippen molar-refractivity contribution >= 4 is 7.60 Å². The van der Waals surface area contributed by atoms with Crippen LogP contribution in [-0.2, 0) is 4.57 Å². The third-order valence-electron chi connectivity index (χ3n) is 2.01. The van der Waals surface area contributed by atoms with E-state index in [1.165, 1.54) is 0 Å². The highest BCUT2D eigenvalue weighted by Gasteiger charge is 2.32. The standard InChI is InChI=1S/C7H19N2O3P/c1-2-3-7(13(10,11)12)6(9)4-5-8/h6-7H,2-5,8-9H2,1H3,(H2,10,11,12). The van der Waals surface area contributed by atoms with E-state index in [0.29, 0.717) is 25.8 Å². The van der Waals surface area contributed by atoms with Crippen LogP contribution in [0.2, 0.25) is 0 Å². The van der Waals surface area contributed by atoms with Gasteiger partial charge in [0.2, 0.25) is 0 Å². The van der Waals surface area contributed by atoms with E-state index in [1.54, 1.807) is 0 Å². The predicted octanol–water partition coefficient (Wildman–Crippen LogP) is 0.00890. The van der Waals surface area contributed by atoms with Gasteiger partial charge in [0.15, 0.2) is 0 Å². The summed E-state index contributed by atoms with van der Waals surface area (Å²) in [5, 5.41) is 0. The predicted molar refractivity (Wildman–Crippen MR) is 52.4 cm³/mol. The molecule has 80 valence electrons. The van der Waals surface area contributed by atoms with Gasteiger partial charge < -0.3 is 21.3 Å². The summed E-state index contributed by atoms with van der Waals surface area (Å²) in [6, 6.07) is -0.495. The van der Waals surface area contributed by atoms with E-state index in [9.17, 15) is 4.57 Å². The number of rotatable bonds is 6. The van der Waals surface area contributed by atoms with E-state index >= 15 is 0 Å². The average molecular weight is 210 g/mol. The maximum Gasteiger partial charge on any atom is 0.330 e. The fourth-order valence-electron chi connectivity index (χ4n) is 1.31. The lowest BCUT2D eigenvalue weighted by atomic mass is 10.1. The summed E-state index contributed by atoms with van der Waals surface area (Å²) in [5.74, 6) is 0. The van der Waals surface area contributed by atoms with E-state index in [2.05, 4.69) is 0 Å². The summed E-state index contributed by atoms with van der Waals surface area (Å²) in [7, 11) is -4.06. The van der Waals surface area contributed by atoms with Gasteiger partial charge in [-0.1, -0.05) is 13.3 Å². The molecule has 0 aromatic carbocycles. The smallest absolute Gasteiger partial charge is 0.330 e. The van der Waals surface area contributed by atoms with Crippen molar-refractivity contribution in [3.63, 3.8) is 0 Å². The molecule has 0 aromatic heterocycles. The average Bonchev–Trinajstić information content (AvgIpc) is 1.98. The molecule has 0 rings (SSSR count). The largest absolute Gasteiger partial charge is 0.330 e. The molecule has 6 N–H and O–H groups in total. The highest BCUT2D eigenvalue weighted by molar-refractivity contribution is 7.52.